The van der Waals surface area contributed by atoms with Gasteiger partial charge in [0.1, 0.15) is 5.52 Å². The fraction of sp³-hybridized carbons (Fsp3) is 0. The second-order valence-electron chi connectivity index (χ2n) is 3.58. The molecule has 6 heteroatoms. The molecule has 0 saturated heterocycles. The van der Waals surface area contributed by atoms with Gasteiger partial charge in [-0.25, -0.2) is 4.98 Å². The summed E-state index contributed by atoms with van der Waals surface area (Å²) in [5, 5.41) is 0.328. The van der Waals surface area contributed by atoms with E-state index < -0.39 is 0 Å². The minimum Gasteiger partial charge on any atom is -0.441 e. The lowest BCUT2D eigenvalue weighted by atomic mass is 10.3. The standard InChI is InChI=1S/C11H7BrClN3O/c12-5-3-6(14)10-7(4-5)15-11(16-10)8-1-2-9(13)17-8/h1-4H,14H2,(H,15,16). The predicted octanol–water partition coefficient (Wildman–Crippen LogP) is 3.82. The number of fused-ring (bicyclic) bond motifs is 1. The van der Waals surface area contributed by atoms with Gasteiger partial charge in [0.05, 0.1) is 11.2 Å². The van der Waals surface area contributed by atoms with Crippen molar-refractivity contribution in [3.8, 4) is 11.6 Å². The number of hydrogen-bond donors (Lipinski definition) is 2. The molecule has 3 aromatic rings. The topological polar surface area (TPSA) is 67.8 Å². The molecule has 0 aliphatic heterocycles. The van der Waals surface area contributed by atoms with Crippen molar-refractivity contribution < 1.29 is 4.42 Å². The van der Waals surface area contributed by atoms with Gasteiger partial charge in [0.15, 0.2) is 16.8 Å². The maximum Gasteiger partial charge on any atom is 0.194 e. The van der Waals surface area contributed by atoms with E-state index in [0.717, 1.165) is 15.5 Å². The summed E-state index contributed by atoms with van der Waals surface area (Å²) in [6.45, 7) is 0. The van der Waals surface area contributed by atoms with Crippen molar-refractivity contribution in [2.75, 3.05) is 5.73 Å². The molecule has 4 nitrogen and oxygen atoms in total. The molecule has 2 heterocycles. The van der Waals surface area contributed by atoms with E-state index in [2.05, 4.69) is 25.9 Å². The average molecular weight is 313 g/mol. The summed E-state index contributed by atoms with van der Waals surface area (Å²) in [5.74, 6) is 1.19. The smallest absolute Gasteiger partial charge is 0.194 e. The van der Waals surface area contributed by atoms with Crippen LogP contribution in [0.3, 0.4) is 0 Å². The highest BCUT2D eigenvalue weighted by Crippen LogP contribution is 2.29. The molecule has 0 saturated carbocycles. The SMILES string of the molecule is Nc1cc(Br)cc2[nH]c(-c3ccc(Cl)o3)nc12. The molecule has 1 aromatic carbocycles. The van der Waals surface area contributed by atoms with Crippen LogP contribution in [-0.2, 0) is 0 Å². The number of imidazole rings is 1. The lowest BCUT2D eigenvalue weighted by Gasteiger charge is -1.94. The van der Waals surface area contributed by atoms with Crippen LogP contribution in [0, 0.1) is 0 Å². The lowest BCUT2D eigenvalue weighted by Crippen LogP contribution is -1.86. The van der Waals surface area contributed by atoms with Crippen LogP contribution >= 0.6 is 27.5 Å². The van der Waals surface area contributed by atoms with E-state index in [0.29, 0.717) is 22.5 Å². The number of anilines is 1. The Morgan fingerprint density at radius 3 is 2.88 bits per heavy atom. The molecular formula is C11H7BrClN3O. The summed E-state index contributed by atoms with van der Waals surface area (Å²) in [4.78, 5) is 7.52. The number of hydrogen-bond acceptors (Lipinski definition) is 3. The molecule has 0 aliphatic carbocycles. The third-order valence-electron chi connectivity index (χ3n) is 2.39. The van der Waals surface area contributed by atoms with Gasteiger partial charge in [-0.15, -0.1) is 0 Å². The molecular weight excluding hydrogens is 305 g/mol. The van der Waals surface area contributed by atoms with Gasteiger partial charge < -0.3 is 15.1 Å². The average Bonchev–Trinajstić information content (AvgIpc) is 2.83. The Morgan fingerprint density at radius 1 is 1.35 bits per heavy atom. The van der Waals surface area contributed by atoms with Crippen LogP contribution in [0.4, 0.5) is 5.69 Å². The Kier molecular flexibility index (Phi) is 2.38. The van der Waals surface area contributed by atoms with Gasteiger partial charge in [0.2, 0.25) is 0 Å². The van der Waals surface area contributed by atoms with Crippen molar-refractivity contribution >= 4 is 44.3 Å². The van der Waals surface area contributed by atoms with Crippen molar-refractivity contribution in [1.29, 1.82) is 0 Å². The number of halogens is 2. The van der Waals surface area contributed by atoms with Crippen molar-refractivity contribution in [2.24, 2.45) is 0 Å². The summed E-state index contributed by atoms with van der Waals surface area (Å²) in [5.41, 5.74) is 8.06. The highest BCUT2D eigenvalue weighted by atomic mass is 79.9. The van der Waals surface area contributed by atoms with E-state index in [1.165, 1.54) is 0 Å². The minimum absolute atomic E-state index is 0.328. The molecule has 0 spiro atoms. The van der Waals surface area contributed by atoms with E-state index in [4.69, 9.17) is 21.8 Å². The quantitative estimate of drug-likeness (QED) is 0.671. The van der Waals surface area contributed by atoms with E-state index >= 15 is 0 Å². The van der Waals surface area contributed by atoms with Crippen molar-refractivity contribution in [1.82, 2.24) is 9.97 Å². The second-order valence-corrected chi connectivity index (χ2v) is 4.87. The van der Waals surface area contributed by atoms with Gasteiger partial charge in [-0.05, 0) is 35.9 Å². The molecule has 0 radical (unpaired) electrons. The first kappa shape index (κ1) is 10.7. The lowest BCUT2D eigenvalue weighted by molar-refractivity contribution is 0.580. The predicted molar refractivity (Wildman–Crippen MR) is 70.9 cm³/mol. The zero-order chi connectivity index (χ0) is 12.0. The number of H-pyrrole nitrogens is 1. The fourth-order valence-electron chi connectivity index (χ4n) is 1.67. The normalized spacial score (nSPS) is 11.2. The van der Waals surface area contributed by atoms with Crippen LogP contribution in [0.2, 0.25) is 5.22 Å². The summed E-state index contributed by atoms with van der Waals surface area (Å²) in [6, 6.07) is 7.14. The molecule has 86 valence electrons. The molecule has 0 bridgehead atoms. The number of aromatic amines is 1. The van der Waals surface area contributed by atoms with E-state index in [1.807, 2.05) is 12.1 Å². The van der Waals surface area contributed by atoms with Gasteiger partial charge in [-0.2, -0.15) is 0 Å². The monoisotopic (exact) mass is 311 g/mol. The van der Waals surface area contributed by atoms with Crippen LogP contribution in [-0.4, -0.2) is 9.97 Å². The van der Waals surface area contributed by atoms with Crippen molar-refractivity contribution in [2.45, 2.75) is 0 Å². The molecule has 17 heavy (non-hydrogen) atoms. The number of rotatable bonds is 1. The molecule has 0 aliphatic rings. The number of nitrogens with two attached hydrogens (primary N) is 1. The van der Waals surface area contributed by atoms with E-state index in [1.54, 1.807) is 12.1 Å². The zero-order valence-corrected chi connectivity index (χ0v) is 10.8. The third kappa shape index (κ3) is 1.81. The number of nitrogen functional groups attached to an aromatic ring is 1. The molecule has 3 rings (SSSR count). The first-order chi connectivity index (χ1) is 8.13. The highest BCUT2D eigenvalue weighted by Gasteiger charge is 2.11. The van der Waals surface area contributed by atoms with Gasteiger partial charge in [0, 0.05) is 4.47 Å². The maximum atomic E-state index is 5.88. The molecule has 0 atom stereocenters. The molecule has 0 fully saturated rings. The molecule has 0 amide bonds. The number of nitrogens with zero attached hydrogens (tertiary/aromatic N) is 1. The first-order valence-electron chi connectivity index (χ1n) is 4.84. The summed E-state index contributed by atoms with van der Waals surface area (Å²) >= 11 is 9.11. The summed E-state index contributed by atoms with van der Waals surface area (Å²) < 4.78 is 6.19. The van der Waals surface area contributed by atoms with Crippen molar-refractivity contribution in [3.05, 3.63) is 34.0 Å². The number of benzene rings is 1. The molecule has 0 unspecified atom stereocenters. The van der Waals surface area contributed by atoms with Crippen LogP contribution in [0.15, 0.2) is 33.2 Å². The molecule has 3 N–H and O–H groups in total. The Hall–Kier alpha value is -1.46. The van der Waals surface area contributed by atoms with Gasteiger partial charge >= 0.3 is 0 Å². The second kappa shape index (κ2) is 3.78. The van der Waals surface area contributed by atoms with Crippen LogP contribution in [0.1, 0.15) is 0 Å². The molecule has 2 aromatic heterocycles. The van der Waals surface area contributed by atoms with Gasteiger partial charge in [0.25, 0.3) is 0 Å². The Morgan fingerprint density at radius 2 is 2.18 bits per heavy atom. The van der Waals surface area contributed by atoms with Crippen molar-refractivity contribution in [3.63, 3.8) is 0 Å². The number of nitrogens with one attached hydrogen (secondary N) is 1. The largest absolute Gasteiger partial charge is 0.441 e. The van der Waals surface area contributed by atoms with Crippen LogP contribution < -0.4 is 5.73 Å². The summed E-state index contributed by atoms with van der Waals surface area (Å²) in [7, 11) is 0. The number of aromatic nitrogens is 2. The van der Waals surface area contributed by atoms with E-state index in [9.17, 15) is 0 Å². The summed E-state index contributed by atoms with van der Waals surface area (Å²) in [6.07, 6.45) is 0. The Balaban J connectivity index is 2.23. The first-order valence-corrected chi connectivity index (χ1v) is 6.01. The third-order valence-corrected chi connectivity index (χ3v) is 3.05. The van der Waals surface area contributed by atoms with Gasteiger partial charge in [-0.1, -0.05) is 15.9 Å². The fourth-order valence-corrected chi connectivity index (χ4v) is 2.29. The van der Waals surface area contributed by atoms with Crippen LogP contribution in [0.5, 0.6) is 0 Å². The maximum absolute atomic E-state index is 5.88. The Bertz CT molecular complexity index is 704. The number of furan rings is 1. The zero-order valence-electron chi connectivity index (χ0n) is 8.50. The minimum atomic E-state index is 0.328. The highest BCUT2D eigenvalue weighted by molar-refractivity contribution is 9.10. The van der Waals surface area contributed by atoms with Gasteiger partial charge in [-0.3, -0.25) is 0 Å². The van der Waals surface area contributed by atoms with E-state index in [-0.39, 0.29) is 0 Å². The van der Waals surface area contributed by atoms with Crippen LogP contribution in [0.25, 0.3) is 22.6 Å². The Labute approximate surface area is 110 Å².